The predicted octanol–water partition coefficient (Wildman–Crippen LogP) is 4.51. The van der Waals surface area contributed by atoms with Gasteiger partial charge in [-0.15, -0.1) is 0 Å². The van der Waals surface area contributed by atoms with E-state index in [1.165, 1.54) is 4.68 Å². The number of hydrogen-bond donors (Lipinski definition) is 0. The molecule has 0 atom stereocenters. The monoisotopic (exact) mass is 294 g/mol. The number of nitrogens with zero attached hydrogens (tertiary/aromatic N) is 2. The van der Waals surface area contributed by atoms with Crippen LogP contribution in [-0.4, -0.2) is 9.78 Å². The summed E-state index contributed by atoms with van der Waals surface area (Å²) < 4.78 is 39.0. The number of aromatic nitrogens is 2. The minimum absolute atomic E-state index is 0.0991. The van der Waals surface area contributed by atoms with Gasteiger partial charge in [0.15, 0.2) is 0 Å². The van der Waals surface area contributed by atoms with Gasteiger partial charge in [-0.1, -0.05) is 23.2 Å². The summed E-state index contributed by atoms with van der Waals surface area (Å²) in [6.07, 6.45) is -2.90. The Hall–Kier alpha value is -1.20. The summed E-state index contributed by atoms with van der Waals surface area (Å²) in [5, 5.41) is 3.86. The molecule has 0 unspecified atom stereocenters. The maximum absolute atomic E-state index is 12.5. The van der Waals surface area contributed by atoms with Crippen LogP contribution < -0.4 is 0 Å². The number of hydrogen-bond acceptors (Lipinski definition) is 1. The van der Waals surface area contributed by atoms with Gasteiger partial charge in [0.25, 0.3) is 0 Å². The summed E-state index contributed by atoms with van der Waals surface area (Å²) >= 11 is 11.7. The Balaban J connectivity index is 2.58. The molecule has 0 aliphatic carbocycles. The Labute approximate surface area is 111 Å². The molecule has 7 heteroatoms. The van der Waals surface area contributed by atoms with Crippen LogP contribution in [0.4, 0.5) is 13.2 Å². The lowest BCUT2D eigenvalue weighted by Gasteiger charge is -2.12. The lowest BCUT2D eigenvalue weighted by Crippen LogP contribution is -2.07. The first-order chi connectivity index (χ1) is 8.29. The van der Waals surface area contributed by atoms with Gasteiger partial charge in [-0.3, -0.25) is 0 Å². The van der Waals surface area contributed by atoms with Gasteiger partial charge in [0.2, 0.25) is 0 Å². The molecule has 0 saturated carbocycles. The van der Waals surface area contributed by atoms with Crippen LogP contribution in [-0.2, 0) is 6.18 Å². The van der Waals surface area contributed by atoms with Crippen LogP contribution in [0.25, 0.3) is 5.69 Å². The van der Waals surface area contributed by atoms with Crippen molar-refractivity contribution < 1.29 is 13.2 Å². The molecule has 0 N–H and O–H groups in total. The SMILES string of the molecule is Cc1ccn(-c2c(Cl)cc(C(F)(F)F)cc2Cl)n1. The molecule has 2 aromatic rings. The van der Waals surface area contributed by atoms with Crippen molar-refractivity contribution in [3.05, 3.63) is 45.7 Å². The average Bonchev–Trinajstić information content (AvgIpc) is 2.62. The molecule has 0 aliphatic rings. The van der Waals surface area contributed by atoms with E-state index >= 15 is 0 Å². The van der Waals surface area contributed by atoms with E-state index < -0.39 is 11.7 Å². The van der Waals surface area contributed by atoms with Gasteiger partial charge in [0.1, 0.15) is 5.69 Å². The standard InChI is InChI=1S/C11H7Cl2F3N2/c1-6-2-3-18(17-6)10-8(12)4-7(5-9(10)13)11(14,15)16/h2-5H,1H3. The summed E-state index contributed by atoms with van der Waals surface area (Å²) in [4.78, 5) is 0. The van der Waals surface area contributed by atoms with Crippen molar-refractivity contribution in [3.8, 4) is 5.69 Å². The fourth-order valence-electron chi connectivity index (χ4n) is 1.49. The van der Waals surface area contributed by atoms with Crippen LogP contribution in [0.3, 0.4) is 0 Å². The number of halogens is 5. The summed E-state index contributed by atoms with van der Waals surface area (Å²) in [6, 6.07) is 3.36. The van der Waals surface area contributed by atoms with Crippen molar-refractivity contribution in [2.75, 3.05) is 0 Å². The molecule has 18 heavy (non-hydrogen) atoms. The molecule has 96 valence electrons. The number of aryl methyl sites for hydroxylation is 1. The Morgan fingerprint density at radius 3 is 2.11 bits per heavy atom. The summed E-state index contributed by atoms with van der Waals surface area (Å²) in [5.41, 5.74) is 0.0617. The second-order valence-electron chi connectivity index (χ2n) is 3.69. The van der Waals surface area contributed by atoms with Gasteiger partial charge in [-0.25, -0.2) is 4.68 Å². The Morgan fingerprint density at radius 1 is 1.17 bits per heavy atom. The molecule has 0 radical (unpaired) electrons. The van der Waals surface area contributed by atoms with Crippen LogP contribution in [0.2, 0.25) is 10.0 Å². The van der Waals surface area contributed by atoms with Crippen molar-refractivity contribution in [1.29, 1.82) is 0 Å². The summed E-state index contributed by atoms with van der Waals surface area (Å²) in [7, 11) is 0. The zero-order valence-corrected chi connectivity index (χ0v) is 10.6. The molecular weight excluding hydrogens is 288 g/mol. The lowest BCUT2D eigenvalue weighted by molar-refractivity contribution is -0.137. The van der Waals surface area contributed by atoms with E-state index in [-0.39, 0.29) is 15.7 Å². The maximum atomic E-state index is 12.5. The van der Waals surface area contributed by atoms with E-state index in [0.717, 1.165) is 12.1 Å². The fraction of sp³-hybridized carbons (Fsp3) is 0.182. The topological polar surface area (TPSA) is 17.8 Å². The molecule has 0 spiro atoms. The van der Waals surface area contributed by atoms with E-state index in [4.69, 9.17) is 23.2 Å². The third kappa shape index (κ3) is 2.47. The van der Waals surface area contributed by atoms with Gasteiger partial charge in [-0.05, 0) is 25.1 Å². The smallest absolute Gasteiger partial charge is 0.238 e. The van der Waals surface area contributed by atoms with E-state index in [1.807, 2.05) is 0 Å². The highest BCUT2D eigenvalue weighted by molar-refractivity contribution is 6.37. The fourth-order valence-corrected chi connectivity index (χ4v) is 2.15. The largest absolute Gasteiger partial charge is 0.416 e. The van der Waals surface area contributed by atoms with E-state index in [9.17, 15) is 13.2 Å². The van der Waals surface area contributed by atoms with Gasteiger partial charge in [0, 0.05) is 6.20 Å². The molecular formula is C11H7Cl2F3N2. The molecule has 2 rings (SSSR count). The molecule has 0 fully saturated rings. The van der Waals surface area contributed by atoms with Crippen LogP contribution in [0.5, 0.6) is 0 Å². The number of benzene rings is 1. The first kappa shape index (κ1) is 13.2. The molecule has 0 bridgehead atoms. The van der Waals surface area contributed by atoms with E-state index in [1.54, 1.807) is 19.2 Å². The molecule has 1 aromatic heterocycles. The van der Waals surface area contributed by atoms with E-state index in [0.29, 0.717) is 5.69 Å². The van der Waals surface area contributed by atoms with Crippen molar-refractivity contribution >= 4 is 23.2 Å². The molecule has 0 aliphatic heterocycles. The Kier molecular flexibility index (Phi) is 3.29. The lowest BCUT2D eigenvalue weighted by atomic mass is 10.2. The van der Waals surface area contributed by atoms with Crippen LogP contribution in [0.15, 0.2) is 24.4 Å². The van der Waals surface area contributed by atoms with Crippen LogP contribution >= 0.6 is 23.2 Å². The highest BCUT2D eigenvalue weighted by atomic mass is 35.5. The van der Waals surface area contributed by atoms with Crippen LogP contribution in [0, 0.1) is 6.92 Å². The molecule has 1 aromatic carbocycles. The van der Waals surface area contributed by atoms with Gasteiger partial charge >= 0.3 is 6.18 Å². The minimum Gasteiger partial charge on any atom is -0.238 e. The Bertz CT molecular complexity index is 567. The number of rotatable bonds is 1. The van der Waals surface area contributed by atoms with Crippen molar-refractivity contribution in [1.82, 2.24) is 9.78 Å². The van der Waals surface area contributed by atoms with Crippen molar-refractivity contribution in [2.45, 2.75) is 13.1 Å². The second kappa shape index (κ2) is 4.48. The first-order valence-corrected chi connectivity index (χ1v) is 5.63. The van der Waals surface area contributed by atoms with Crippen LogP contribution in [0.1, 0.15) is 11.3 Å². The summed E-state index contributed by atoms with van der Waals surface area (Å²) in [5.74, 6) is 0. The number of alkyl halides is 3. The van der Waals surface area contributed by atoms with E-state index in [2.05, 4.69) is 5.10 Å². The van der Waals surface area contributed by atoms with Gasteiger partial charge < -0.3 is 0 Å². The van der Waals surface area contributed by atoms with Gasteiger partial charge in [-0.2, -0.15) is 18.3 Å². The van der Waals surface area contributed by atoms with Gasteiger partial charge in [0.05, 0.1) is 21.3 Å². The quantitative estimate of drug-likeness (QED) is 0.757. The molecule has 1 heterocycles. The highest BCUT2D eigenvalue weighted by Crippen LogP contribution is 2.37. The maximum Gasteiger partial charge on any atom is 0.416 e. The second-order valence-corrected chi connectivity index (χ2v) is 4.50. The average molecular weight is 295 g/mol. The normalized spacial score (nSPS) is 11.9. The molecule has 2 nitrogen and oxygen atoms in total. The predicted molar refractivity (Wildman–Crippen MR) is 63.3 cm³/mol. The summed E-state index contributed by atoms with van der Waals surface area (Å²) in [6.45, 7) is 1.75. The third-order valence-electron chi connectivity index (χ3n) is 2.30. The molecule has 0 saturated heterocycles. The van der Waals surface area contributed by atoms with Crippen molar-refractivity contribution in [2.24, 2.45) is 0 Å². The third-order valence-corrected chi connectivity index (χ3v) is 2.87. The zero-order chi connectivity index (χ0) is 13.5. The first-order valence-electron chi connectivity index (χ1n) is 4.88. The zero-order valence-electron chi connectivity index (χ0n) is 9.09. The minimum atomic E-state index is -4.48. The molecule has 0 amide bonds. The van der Waals surface area contributed by atoms with Crippen molar-refractivity contribution in [3.63, 3.8) is 0 Å². The Morgan fingerprint density at radius 2 is 1.72 bits per heavy atom. The highest BCUT2D eigenvalue weighted by Gasteiger charge is 2.32.